The van der Waals surface area contributed by atoms with Crippen LogP contribution >= 0.6 is 11.6 Å². The minimum absolute atomic E-state index is 0.114. The van der Waals surface area contributed by atoms with Gasteiger partial charge in [0.2, 0.25) is 0 Å². The molecule has 0 unspecified atom stereocenters. The van der Waals surface area contributed by atoms with Gasteiger partial charge in [-0.3, -0.25) is 4.79 Å². The first kappa shape index (κ1) is 20.2. The minimum atomic E-state index is -0.506. The molecular weight excluding hydrogens is 400 g/mol. The molecule has 0 bridgehead atoms. The number of hydrogen-bond donors (Lipinski definition) is 1. The maximum atomic E-state index is 12.2. The number of methoxy groups -OCH3 is 2. The second-order valence-electron chi connectivity index (χ2n) is 5.77. The molecule has 0 spiro atoms. The lowest BCUT2D eigenvalue weighted by molar-refractivity contribution is -0.142. The van der Waals surface area contributed by atoms with Gasteiger partial charge in [0, 0.05) is 10.4 Å². The van der Waals surface area contributed by atoms with E-state index in [4.69, 9.17) is 25.5 Å². The van der Waals surface area contributed by atoms with Crippen molar-refractivity contribution >= 4 is 40.7 Å². The van der Waals surface area contributed by atoms with Crippen molar-refractivity contribution in [2.75, 3.05) is 20.8 Å². The number of nitrogens with zero attached hydrogens (tertiary/aromatic N) is 1. The number of ether oxygens (including phenoxy) is 3. The zero-order chi connectivity index (χ0) is 20.8. The summed E-state index contributed by atoms with van der Waals surface area (Å²) in [6.07, 6.45) is 1.43. The van der Waals surface area contributed by atoms with Crippen molar-refractivity contribution in [3.05, 3.63) is 58.8 Å². The van der Waals surface area contributed by atoms with Gasteiger partial charge in [0.25, 0.3) is 0 Å². The lowest BCUT2D eigenvalue weighted by atomic mass is 10.2. The summed E-state index contributed by atoms with van der Waals surface area (Å²) in [6.45, 7) is -0.237. The molecule has 3 aromatic rings. The number of benzene rings is 2. The van der Waals surface area contributed by atoms with E-state index < -0.39 is 11.9 Å². The van der Waals surface area contributed by atoms with Gasteiger partial charge < -0.3 is 18.6 Å². The maximum Gasteiger partial charge on any atom is 0.343 e. The van der Waals surface area contributed by atoms with E-state index in [9.17, 15) is 9.59 Å². The van der Waals surface area contributed by atoms with Crippen molar-refractivity contribution in [2.24, 2.45) is 5.10 Å². The SMILES string of the molecule is COC(=O)COc1ccc(C=NNC(=O)c2cc3cc(Cl)ccc3o2)cc1OC. The largest absolute Gasteiger partial charge is 0.493 e. The number of halogens is 1. The predicted octanol–water partition coefficient (Wildman–Crippen LogP) is 3.41. The number of amides is 1. The number of rotatable bonds is 7. The monoisotopic (exact) mass is 416 g/mol. The van der Waals surface area contributed by atoms with Crippen LogP contribution in [0.25, 0.3) is 11.0 Å². The number of carbonyl (C=O) groups excluding carboxylic acids is 2. The smallest absolute Gasteiger partial charge is 0.343 e. The van der Waals surface area contributed by atoms with Crippen molar-refractivity contribution in [3.8, 4) is 11.5 Å². The number of carbonyl (C=O) groups is 2. The molecule has 150 valence electrons. The predicted molar refractivity (Wildman–Crippen MR) is 107 cm³/mol. The molecule has 1 amide bonds. The molecule has 0 fully saturated rings. The van der Waals surface area contributed by atoms with Gasteiger partial charge in [-0.1, -0.05) is 11.6 Å². The summed E-state index contributed by atoms with van der Waals surface area (Å²) in [5.41, 5.74) is 3.59. The van der Waals surface area contributed by atoms with Crippen molar-refractivity contribution < 1.29 is 28.2 Å². The normalized spacial score (nSPS) is 10.9. The van der Waals surface area contributed by atoms with E-state index in [0.717, 1.165) is 5.39 Å². The standard InChI is InChI=1S/C20H17ClN2O6/c1-26-17-7-12(3-5-16(17)28-11-19(24)27-2)10-22-23-20(25)18-9-13-8-14(21)4-6-15(13)29-18/h3-10H,11H2,1-2H3,(H,23,25). The topological polar surface area (TPSA) is 99.4 Å². The Labute approximate surface area is 171 Å². The Kier molecular flexibility index (Phi) is 6.36. The summed E-state index contributed by atoms with van der Waals surface area (Å²) in [5.74, 6) is -0.117. The van der Waals surface area contributed by atoms with Gasteiger partial charge in [0.15, 0.2) is 23.9 Å². The molecule has 0 aliphatic carbocycles. The van der Waals surface area contributed by atoms with Crippen LogP contribution in [-0.4, -0.2) is 38.9 Å². The molecule has 0 saturated carbocycles. The van der Waals surface area contributed by atoms with E-state index in [1.807, 2.05) is 0 Å². The average molecular weight is 417 g/mol. The number of hydrogen-bond acceptors (Lipinski definition) is 7. The summed E-state index contributed by atoms with van der Waals surface area (Å²) in [7, 11) is 2.74. The fourth-order valence-electron chi connectivity index (χ4n) is 2.43. The van der Waals surface area contributed by atoms with Crippen molar-refractivity contribution in [3.63, 3.8) is 0 Å². The summed E-state index contributed by atoms with van der Waals surface area (Å²) < 4.78 is 20.6. The van der Waals surface area contributed by atoms with Gasteiger partial charge in [0.1, 0.15) is 5.58 Å². The zero-order valence-electron chi connectivity index (χ0n) is 15.6. The lowest BCUT2D eigenvalue weighted by Crippen LogP contribution is -2.16. The Hall–Kier alpha value is -3.52. The van der Waals surface area contributed by atoms with Crippen LogP contribution in [0, 0.1) is 0 Å². The van der Waals surface area contributed by atoms with E-state index in [0.29, 0.717) is 27.7 Å². The number of fused-ring (bicyclic) bond motifs is 1. The van der Waals surface area contributed by atoms with Crippen LogP contribution < -0.4 is 14.9 Å². The first-order chi connectivity index (χ1) is 14.0. The Morgan fingerprint density at radius 2 is 1.97 bits per heavy atom. The fraction of sp³-hybridized carbons (Fsp3) is 0.150. The molecule has 1 N–H and O–H groups in total. The Balaban J connectivity index is 1.65. The van der Waals surface area contributed by atoms with Crippen LogP contribution in [0.4, 0.5) is 0 Å². The summed E-state index contributed by atoms with van der Waals surface area (Å²) in [5, 5.41) is 5.19. The summed E-state index contributed by atoms with van der Waals surface area (Å²) in [4.78, 5) is 23.4. The molecule has 0 aliphatic heterocycles. The minimum Gasteiger partial charge on any atom is -0.493 e. The number of esters is 1. The molecule has 1 heterocycles. The number of hydrazone groups is 1. The van der Waals surface area contributed by atoms with Crippen molar-refractivity contribution in [1.82, 2.24) is 5.43 Å². The summed E-state index contributed by atoms with van der Waals surface area (Å²) >= 11 is 5.93. The van der Waals surface area contributed by atoms with Gasteiger partial charge in [-0.25, -0.2) is 10.2 Å². The zero-order valence-corrected chi connectivity index (χ0v) is 16.4. The third-order valence-electron chi connectivity index (χ3n) is 3.84. The summed E-state index contributed by atoms with van der Waals surface area (Å²) in [6, 6.07) is 11.6. The quantitative estimate of drug-likeness (QED) is 0.360. The molecule has 9 heteroatoms. The lowest BCUT2D eigenvalue weighted by Gasteiger charge is -2.10. The maximum absolute atomic E-state index is 12.2. The Morgan fingerprint density at radius 1 is 1.14 bits per heavy atom. The van der Waals surface area contributed by atoms with Gasteiger partial charge in [-0.15, -0.1) is 0 Å². The van der Waals surface area contributed by atoms with E-state index in [1.54, 1.807) is 42.5 Å². The fourth-order valence-corrected chi connectivity index (χ4v) is 2.61. The third-order valence-corrected chi connectivity index (χ3v) is 4.08. The third kappa shape index (κ3) is 5.05. The van der Waals surface area contributed by atoms with Crippen LogP contribution in [-0.2, 0) is 9.53 Å². The first-order valence-electron chi connectivity index (χ1n) is 8.40. The molecule has 3 rings (SSSR count). The van der Waals surface area contributed by atoms with Gasteiger partial charge in [-0.2, -0.15) is 5.10 Å². The number of nitrogens with one attached hydrogen (secondary N) is 1. The van der Waals surface area contributed by atoms with Crippen molar-refractivity contribution in [1.29, 1.82) is 0 Å². The van der Waals surface area contributed by atoms with Crippen LogP contribution in [0.1, 0.15) is 16.1 Å². The molecule has 0 atom stereocenters. The Morgan fingerprint density at radius 3 is 2.72 bits per heavy atom. The van der Waals surface area contributed by atoms with E-state index >= 15 is 0 Å². The molecule has 2 aromatic carbocycles. The molecule has 1 aromatic heterocycles. The van der Waals surface area contributed by atoms with Crippen LogP contribution in [0.5, 0.6) is 11.5 Å². The van der Waals surface area contributed by atoms with Crippen LogP contribution in [0.3, 0.4) is 0 Å². The molecule has 0 saturated heterocycles. The number of furan rings is 1. The van der Waals surface area contributed by atoms with Crippen LogP contribution in [0.2, 0.25) is 5.02 Å². The first-order valence-corrected chi connectivity index (χ1v) is 8.78. The molecule has 0 aliphatic rings. The van der Waals surface area contributed by atoms with Crippen LogP contribution in [0.15, 0.2) is 52.0 Å². The van der Waals surface area contributed by atoms with E-state index in [1.165, 1.54) is 20.4 Å². The molecule has 8 nitrogen and oxygen atoms in total. The highest BCUT2D eigenvalue weighted by atomic mass is 35.5. The van der Waals surface area contributed by atoms with Gasteiger partial charge in [-0.05, 0) is 48.0 Å². The van der Waals surface area contributed by atoms with Gasteiger partial charge in [0.05, 0.1) is 20.4 Å². The van der Waals surface area contributed by atoms with E-state index in [-0.39, 0.29) is 12.4 Å². The molecule has 29 heavy (non-hydrogen) atoms. The highest BCUT2D eigenvalue weighted by Gasteiger charge is 2.12. The highest BCUT2D eigenvalue weighted by molar-refractivity contribution is 6.31. The Bertz CT molecular complexity index is 1080. The van der Waals surface area contributed by atoms with Crippen molar-refractivity contribution in [2.45, 2.75) is 0 Å². The van der Waals surface area contributed by atoms with E-state index in [2.05, 4.69) is 15.3 Å². The van der Waals surface area contributed by atoms with Gasteiger partial charge >= 0.3 is 11.9 Å². The second kappa shape index (κ2) is 9.11. The highest BCUT2D eigenvalue weighted by Crippen LogP contribution is 2.27. The average Bonchev–Trinajstić information content (AvgIpc) is 3.15. The second-order valence-corrected chi connectivity index (χ2v) is 6.20. The molecular formula is C20H17ClN2O6. The molecule has 0 radical (unpaired) electrons.